The summed E-state index contributed by atoms with van der Waals surface area (Å²) >= 11 is 1.64. The second-order valence-corrected chi connectivity index (χ2v) is 9.26. The number of hydrogen-bond acceptors (Lipinski definition) is 6. The third-order valence-corrected chi connectivity index (χ3v) is 7.10. The van der Waals surface area contributed by atoms with E-state index in [9.17, 15) is 18.3 Å². The minimum Gasteiger partial charge on any atom is -0.506 e. The lowest BCUT2D eigenvalue weighted by molar-refractivity contribution is -0.117. The van der Waals surface area contributed by atoms with Crippen molar-refractivity contribution in [1.29, 1.82) is 0 Å². The molecule has 0 bridgehead atoms. The van der Waals surface area contributed by atoms with Crippen LogP contribution < -0.4 is 14.3 Å². The molecule has 2 aromatic rings. The van der Waals surface area contributed by atoms with Crippen LogP contribution in [-0.4, -0.2) is 32.0 Å². The maximum Gasteiger partial charge on any atom is 0.326 e. The first kappa shape index (κ1) is 18.2. The van der Waals surface area contributed by atoms with Crippen molar-refractivity contribution in [2.24, 2.45) is 0 Å². The summed E-state index contributed by atoms with van der Waals surface area (Å²) in [4.78, 5) is 12.6. The fourth-order valence-electron chi connectivity index (χ4n) is 3.55. The highest BCUT2D eigenvalue weighted by Gasteiger charge is 2.39. The zero-order valence-corrected chi connectivity index (χ0v) is 15.9. The van der Waals surface area contributed by atoms with Crippen LogP contribution in [0.5, 0.6) is 5.75 Å². The first-order valence-corrected chi connectivity index (χ1v) is 10.8. The second kappa shape index (κ2) is 6.77. The number of aromatic hydroxyl groups is 1. The van der Waals surface area contributed by atoms with Crippen LogP contribution in [0.15, 0.2) is 23.6 Å². The second-order valence-electron chi connectivity index (χ2n) is 6.63. The van der Waals surface area contributed by atoms with E-state index in [2.05, 4.69) is 5.32 Å². The number of nitrogens with one attached hydrogen (secondary N) is 2. The van der Waals surface area contributed by atoms with Gasteiger partial charge < -0.3 is 10.4 Å². The van der Waals surface area contributed by atoms with Gasteiger partial charge in [0.1, 0.15) is 18.0 Å². The largest absolute Gasteiger partial charge is 0.506 e. The summed E-state index contributed by atoms with van der Waals surface area (Å²) in [5.41, 5.74) is 0.581. The van der Waals surface area contributed by atoms with E-state index in [4.69, 9.17) is 0 Å². The molecular formula is C17H18FN3O4S2. The summed E-state index contributed by atoms with van der Waals surface area (Å²) in [6.07, 6.45) is 1.75. The van der Waals surface area contributed by atoms with Gasteiger partial charge in [0.15, 0.2) is 5.82 Å². The number of phenolic OH excluding ortho intramolecular Hbond substituents is 1. The van der Waals surface area contributed by atoms with Crippen LogP contribution in [0.25, 0.3) is 0 Å². The van der Waals surface area contributed by atoms with Gasteiger partial charge in [-0.1, -0.05) is 6.07 Å². The first-order valence-electron chi connectivity index (χ1n) is 8.47. The molecule has 2 aliphatic rings. The van der Waals surface area contributed by atoms with E-state index in [1.807, 2.05) is 17.5 Å². The molecule has 0 radical (unpaired) electrons. The van der Waals surface area contributed by atoms with Crippen molar-refractivity contribution in [3.63, 3.8) is 0 Å². The number of fused-ring (bicyclic) bond motifs is 1. The summed E-state index contributed by atoms with van der Waals surface area (Å²) in [7, 11) is -4.19. The van der Waals surface area contributed by atoms with Crippen molar-refractivity contribution in [2.45, 2.75) is 31.8 Å². The maximum atomic E-state index is 15.2. The maximum absolute atomic E-state index is 15.2. The fraction of sp³-hybridized carbons (Fsp3) is 0.353. The number of phenols is 1. The molecule has 7 nitrogen and oxygen atoms in total. The number of benzene rings is 1. The number of rotatable bonds is 4. The van der Waals surface area contributed by atoms with Gasteiger partial charge in [-0.15, -0.1) is 11.3 Å². The van der Waals surface area contributed by atoms with Crippen molar-refractivity contribution in [2.75, 3.05) is 10.8 Å². The van der Waals surface area contributed by atoms with Crippen LogP contribution in [0, 0.1) is 5.82 Å². The smallest absolute Gasteiger partial charge is 0.326 e. The summed E-state index contributed by atoms with van der Waals surface area (Å²) in [6, 6.07) is 5.44. The third kappa shape index (κ3) is 3.40. The predicted octanol–water partition coefficient (Wildman–Crippen LogP) is 1.42. The summed E-state index contributed by atoms with van der Waals surface area (Å²) < 4.78 is 41.7. The van der Waals surface area contributed by atoms with E-state index in [1.165, 1.54) is 10.9 Å². The van der Waals surface area contributed by atoms with E-state index < -0.39 is 39.9 Å². The highest BCUT2D eigenvalue weighted by Crippen LogP contribution is 2.39. The molecule has 1 fully saturated rings. The number of carbonyl (C=O) groups is 1. The molecule has 10 heteroatoms. The topological polar surface area (TPSA) is 98.7 Å². The molecular weight excluding hydrogens is 393 g/mol. The number of hydrogen-bond donors (Lipinski definition) is 3. The molecule has 0 saturated carbocycles. The van der Waals surface area contributed by atoms with Gasteiger partial charge in [-0.05, 0) is 47.9 Å². The Bertz CT molecular complexity index is 992. The van der Waals surface area contributed by atoms with E-state index in [0.717, 1.165) is 6.42 Å². The van der Waals surface area contributed by atoms with E-state index in [0.29, 0.717) is 34.8 Å². The zero-order chi connectivity index (χ0) is 19.2. The average Bonchev–Trinajstić information content (AvgIpc) is 3.21. The number of aryl methyl sites for hydroxylation is 1. The van der Waals surface area contributed by atoms with Crippen LogP contribution in [0.1, 0.15) is 22.4 Å². The van der Waals surface area contributed by atoms with Gasteiger partial charge in [0, 0.05) is 17.5 Å². The lowest BCUT2D eigenvalue weighted by Gasteiger charge is -2.28. The minimum absolute atomic E-state index is 0.0430. The number of amides is 1. The molecule has 1 aromatic carbocycles. The SMILES string of the molecule is O=C1CN(c2c(O)cc3c(c2F)C[C@H](NCc2cccs2)CC3)S(=O)(=O)N1. The molecule has 144 valence electrons. The lowest BCUT2D eigenvalue weighted by Crippen LogP contribution is -2.35. The number of nitrogens with zero attached hydrogens (tertiary/aromatic N) is 1. The number of halogens is 1. The molecule has 0 spiro atoms. The molecule has 1 amide bonds. The van der Waals surface area contributed by atoms with Crippen molar-refractivity contribution >= 4 is 33.1 Å². The molecule has 3 N–H and O–H groups in total. The Hall–Kier alpha value is -2.17. The Kier molecular flexibility index (Phi) is 4.57. The van der Waals surface area contributed by atoms with E-state index in [-0.39, 0.29) is 6.04 Å². The number of anilines is 1. The summed E-state index contributed by atoms with van der Waals surface area (Å²) in [5.74, 6) is -2.02. The molecule has 4 rings (SSSR count). The molecule has 1 aliphatic heterocycles. The Morgan fingerprint density at radius 2 is 2.26 bits per heavy atom. The van der Waals surface area contributed by atoms with Gasteiger partial charge in [-0.2, -0.15) is 8.42 Å². The van der Waals surface area contributed by atoms with Crippen molar-refractivity contribution in [3.8, 4) is 5.75 Å². The van der Waals surface area contributed by atoms with Gasteiger partial charge in [0.2, 0.25) is 0 Å². The van der Waals surface area contributed by atoms with Gasteiger partial charge in [0.05, 0.1) is 0 Å². The molecule has 0 unspecified atom stereocenters. The molecule has 1 saturated heterocycles. The van der Waals surface area contributed by atoms with Crippen molar-refractivity contribution in [3.05, 3.63) is 45.4 Å². The lowest BCUT2D eigenvalue weighted by atomic mass is 9.87. The summed E-state index contributed by atoms with van der Waals surface area (Å²) in [5, 5.41) is 15.6. The third-order valence-electron chi connectivity index (χ3n) is 4.84. The molecule has 1 aliphatic carbocycles. The molecule has 2 heterocycles. The Balaban J connectivity index is 1.62. The van der Waals surface area contributed by atoms with Crippen LogP contribution in [0.3, 0.4) is 0 Å². The quantitative estimate of drug-likeness (QED) is 0.707. The average molecular weight is 411 g/mol. The van der Waals surface area contributed by atoms with Crippen molar-refractivity contribution < 1.29 is 22.7 Å². The number of carbonyl (C=O) groups excluding carboxylic acids is 1. The van der Waals surface area contributed by atoms with Gasteiger partial charge in [-0.25, -0.2) is 13.4 Å². The monoisotopic (exact) mass is 411 g/mol. The van der Waals surface area contributed by atoms with Crippen molar-refractivity contribution in [1.82, 2.24) is 10.0 Å². The van der Waals surface area contributed by atoms with E-state index in [1.54, 1.807) is 16.1 Å². The first-order chi connectivity index (χ1) is 12.8. The van der Waals surface area contributed by atoms with Gasteiger partial charge in [-0.3, -0.25) is 4.79 Å². The zero-order valence-electron chi connectivity index (χ0n) is 14.2. The molecule has 1 atom stereocenters. The highest BCUT2D eigenvalue weighted by molar-refractivity contribution is 7.92. The number of thiophene rings is 1. The van der Waals surface area contributed by atoms with Crippen LogP contribution in [-0.2, 0) is 34.4 Å². The Labute approximate surface area is 160 Å². The highest BCUT2D eigenvalue weighted by atomic mass is 32.2. The minimum atomic E-state index is -4.19. The standard InChI is InChI=1S/C17H18FN3O4S2/c18-16-13-7-11(19-8-12-2-1-5-26-12)4-3-10(13)6-14(22)17(16)21-9-15(23)20-27(21,24)25/h1-2,5-6,11,19,22H,3-4,7-9H2,(H,20,23)/t11-/m1/s1. The Morgan fingerprint density at radius 1 is 1.44 bits per heavy atom. The van der Waals surface area contributed by atoms with E-state index >= 15 is 4.39 Å². The van der Waals surface area contributed by atoms with Gasteiger partial charge in [0.25, 0.3) is 5.91 Å². The fourth-order valence-corrected chi connectivity index (χ4v) is 5.37. The summed E-state index contributed by atoms with van der Waals surface area (Å²) in [6.45, 7) is 0.134. The normalized spacial score (nSPS) is 21.1. The van der Waals surface area contributed by atoms with Crippen LogP contribution in [0.4, 0.5) is 10.1 Å². The Morgan fingerprint density at radius 3 is 2.93 bits per heavy atom. The van der Waals surface area contributed by atoms with Crippen LogP contribution in [0.2, 0.25) is 0 Å². The predicted molar refractivity (Wildman–Crippen MR) is 99.4 cm³/mol. The molecule has 1 aromatic heterocycles. The molecule has 27 heavy (non-hydrogen) atoms. The van der Waals surface area contributed by atoms with Gasteiger partial charge >= 0.3 is 10.2 Å². The van der Waals surface area contributed by atoms with Crippen LogP contribution >= 0.6 is 11.3 Å².